The van der Waals surface area contributed by atoms with Gasteiger partial charge in [-0.25, -0.2) is 0 Å². The summed E-state index contributed by atoms with van der Waals surface area (Å²) in [6.45, 7) is 0. The quantitative estimate of drug-likeness (QED) is 0.535. The Kier molecular flexibility index (Phi) is 6.56. The van der Waals surface area contributed by atoms with E-state index in [-0.39, 0.29) is 0 Å². The van der Waals surface area contributed by atoms with Crippen LogP contribution in [0, 0.1) is 0 Å². The molecule has 2 heteroatoms. The Morgan fingerprint density at radius 1 is 0.810 bits per heavy atom. The highest BCUT2D eigenvalue weighted by atomic mass is 14.8. The number of hydrogen-bond donors (Lipinski definition) is 1. The van der Waals surface area contributed by atoms with Gasteiger partial charge in [-0.1, -0.05) is 48.6 Å². The fourth-order valence-corrected chi connectivity index (χ4v) is 1.77. The van der Waals surface area contributed by atoms with Crippen LogP contribution >= 0.6 is 0 Å². The molecule has 1 N–H and O–H groups in total. The standard InChI is InChI=1S/C19H20N2/c1(2-10-16-20-18-12-6-4-7-13-18)3-11-17-21-19-14-8-5-9-15-19/h2,4-17,21H,1,3H2. The van der Waals surface area contributed by atoms with Crippen molar-refractivity contribution in [3.8, 4) is 0 Å². The zero-order valence-corrected chi connectivity index (χ0v) is 12.0. The van der Waals surface area contributed by atoms with Crippen molar-refractivity contribution < 1.29 is 0 Å². The van der Waals surface area contributed by atoms with E-state index in [0.29, 0.717) is 0 Å². The van der Waals surface area contributed by atoms with Gasteiger partial charge in [0.25, 0.3) is 0 Å². The smallest absolute Gasteiger partial charge is 0.0629 e. The molecule has 2 nitrogen and oxygen atoms in total. The number of allylic oxidation sites excluding steroid dienone is 3. The Morgan fingerprint density at radius 2 is 1.48 bits per heavy atom. The number of anilines is 1. The third-order valence-electron chi connectivity index (χ3n) is 2.84. The lowest BCUT2D eigenvalue weighted by Gasteiger charge is -1.98. The molecule has 0 unspecified atom stereocenters. The Bertz CT molecular complexity index is 583. The molecule has 0 aromatic heterocycles. The summed E-state index contributed by atoms with van der Waals surface area (Å²) in [4.78, 5) is 4.34. The van der Waals surface area contributed by atoms with Gasteiger partial charge >= 0.3 is 0 Å². The summed E-state index contributed by atoms with van der Waals surface area (Å²) in [6, 6.07) is 20.1. The van der Waals surface area contributed by atoms with E-state index in [2.05, 4.69) is 22.5 Å². The first-order valence-electron chi connectivity index (χ1n) is 7.16. The summed E-state index contributed by atoms with van der Waals surface area (Å²) in [7, 11) is 0. The molecule has 0 saturated heterocycles. The highest BCUT2D eigenvalue weighted by molar-refractivity contribution is 5.74. The molecule has 2 aromatic carbocycles. The Balaban J connectivity index is 1.61. The van der Waals surface area contributed by atoms with E-state index in [9.17, 15) is 0 Å². The number of rotatable bonds is 7. The topological polar surface area (TPSA) is 24.4 Å². The molecule has 0 saturated carbocycles. The molecule has 0 bridgehead atoms. The summed E-state index contributed by atoms with van der Waals surface area (Å²) in [5.41, 5.74) is 2.09. The van der Waals surface area contributed by atoms with Gasteiger partial charge in [-0.2, -0.15) is 0 Å². The monoisotopic (exact) mass is 276 g/mol. The molecule has 0 radical (unpaired) electrons. The molecule has 0 fully saturated rings. The maximum Gasteiger partial charge on any atom is 0.0629 e. The molecular weight excluding hydrogens is 256 g/mol. The van der Waals surface area contributed by atoms with Crippen LogP contribution in [0.1, 0.15) is 12.8 Å². The minimum atomic E-state index is 0.981. The van der Waals surface area contributed by atoms with E-state index in [1.54, 1.807) is 0 Å². The number of benzene rings is 2. The zero-order chi connectivity index (χ0) is 14.6. The van der Waals surface area contributed by atoms with E-state index in [1.165, 1.54) is 0 Å². The largest absolute Gasteiger partial charge is 0.362 e. The van der Waals surface area contributed by atoms with Crippen LogP contribution in [0.25, 0.3) is 0 Å². The van der Waals surface area contributed by atoms with Crippen LogP contribution in [0.3, 0.4) is 0 Å². The van der Waals surface area contributed by atoms with Gasteiger partial charge in [0.05, 0.1) is 5.69 Å². The summed E-state index contributed by atoms with van der Waals surface area (Å²) in [6.07, 6.45) is 12.1. The van der Waals surface area contributed by atoms with Crippen molar-refractivity contribution in [1.29, 1.82) is 0 Å². The maximum absolute atomic E-state index is 4.34. The minimum absolute atomic E-state index is 0.981. The fraction of sp³-hybridized carbons (Fsp3) is 0.105. The van der Waals surface area contributed by atoms with Crippen molar-refractivity contribution in [1.82, 2.24) is 0 Å². The number of aliphatic imine (C=N–C) groups is 1. The Hall–Kier alpha value is -2.61. The Morgan fingerprint density at radius 3 is 2.24 bits per heavy atom. The van der Waals surface area contributed by atoms with Crippen LogP contribution in [-0.4, -0.2) is 6.21 Å². The van der Waals surface area contributed by atoms with Crippen LogP contribution in [0.5, 0.6) is 0 Å². The lowest BCUT2D eigenvalue weighted by atomic mass is 10.3. The van der Waals surface area contributed by atoms with E-state index in [4.69, 9.17) is 0 Å². The molecule has 0 aliphatic rings. The van der Waals surface area contributed by atoms with E-state index in [1.807, 2.05) is 79.2 Å². The molecule has 2 rings (SSSR count). The first-order valence-corrected chi connectivity index (χ1v) is 7.16. The zero-order valence-electron chi connectivity index (χ0n) is 12.0. The second kappa shape index (κ2) is 9.32. The number of nitrogens with zero attached hydrogens (tertiary/aromatic N) is 1. The van der Waals surface area contributed by atoms with Crippen molar-refractivity contribution in [3.63, 3.8) is 0 Å². The minimum Gasteiger partial charge on any atom is -0.362 e. The highest BCUT2D eigenvalue weighted by Gasteiger charge is 1.83. The number of para-hydroxylation sites is 2. The molecule has 21 heavy (non-hydrogen) atoms. The van der Waals surface area contributed by atoms with Gasteiger partial charge in [0.2, 0.25) is 0 Å². The summed E-state index contributed by atoms with van der Waals surface area (Å²) in [5.74, 6) is 0. The lowest BCUT2D eigenvalue weighted by molar-refractivity contribution is 1.05. The number of nitrogens with one attached hydrogen (secondary N) is 1. The van der Waals surface area contributed by atoms with Crippen LogP contribution < -0.4 is 5.32 Å². The predicted molar refractivity (Wildman–Crippen MR) is 92.2 cm³/mol. The van der Waals surface area contributed by atoms with Gasteiger partial charge in [0, 0.05) is 11.9 Å². The lowest BCUT2D eigenvalue weighted by Crippen LogP contribution is -1.85. The van der Waals surface area contributed by atoms with Crippen molar-refractivity contribution in [3.05, 3.63) is 85.1 Å². The van der Waals surface area contributed by atoms with Crippen LogP contribution in [0.2, 0.25) is 0 Å². The molecule has 2 aromatic rings. The van der Waals surface area contributed by atoms with Gasteiger partial charge in [-0.05, 0) is 49.4 Å². The van der Waals surface area contributed by atoms with Crippen molar-refractivity contribution in [2.75, 3.05) is 5.32 Å². The van der Waals surface area contributed by atoms with Crippen molar-refractivity contribution >= 4 is 17.6 Å². The molecular formula is C19H20N2. The number of hydrogen-bond acceptors (Lipinski definition) is 2. The summed E-state index contributed by atoms with van der Waals surface area (Å²) >= 11 is 0. The molecule has 0 aliphatic carbocycles. The van der Waals surface area contributed by atoms with Gasteiger partial charge < -0.3 is 5.32 Å². The average molecular weight is 276 g/mol. The molecule has 0 atom stereocenters. The third kappa shape index (κ3) is 6.39. The fourth-order valence-electron chi connectivity index (χ4n) is 1.77. The normalized spacial score (nSPS) is 11.6. The predicted octanol–water partition coefficient (Wildman–Crippen LogP) is 5.35. The van der Waals surface area contributed by atoms with Crippen LogP contribution in [0.4, 0.5) is 11.4 Å². The van der Waals surface area contributed by atoms with E-state index < -0.39 is 0 Å². The summed E-state index contributed by atoms with van der Waals surface area (Å²) < 4.78 is 0. The second-order valence-corrected chi connectivity index (χ2v) is 4.53. The highest BCUT2D eigenvalue weighted by Crippen LogP contribution is 2.08. The van der Waals surface area contributed by atoms with Crippen molar-refractivity contribution in [2.24, 2.45) is 4.99 Å². The summed E-state index contributed by atoms with van der Waals surface area (Å²) in [5, 5.41) is 3.24. The SMILES string of the molecule is C(=CCCC=CNc1ccccc1)C=Nc1ccccc1. The maximum atomic E-state index is 4.34. The van der Waals surface area contributed by atoms with Crippen LogP contribution in [0.15, 0.2) is 90.1 Å². The molecule has 0 aliphatic heterocycles. The van der Waals surface area contributed by atoms with Gasteiger partial charge in [0.1, 0.15) is 0 Å². The second-order valence-electron chi connectivity index (χ2n) is 4.53. The molecule has 0 amide bonds. The molecule has 0 heterocycles. The first-order chi connectivity index (χ1) is 10.4. The van der Waals surface area contributed by atoms with Gasteiger partial charge in [-0.15, -0.1) is 0 Å². The Labute approximate surface area is 126 Å². The molecule has 0 spiro atoms. The number of unbranched alkanes of at least 4 members (excludes halogenated alkanes) is 1. The molecule has 106 valence electrons. The van der Waals surface area contributed by atoms with Gasteiger partial charge in [0.15, 0.2) is 0 Å². The van der Waals surface area contributed by atoms with Crippen LogP contribution in [-0.2, 0) is 0 Å². The average Bonchev–Trinajstić information content (AvgIpc) is 2.55. The van der Waals surface area contributed by atoms with Crippen molar-refractivity contribution in [2.45, 2.75) is 12.8 Å². The first kappa shape index (κ1) is 14.8. The van der Waals surface area contributed by atoms with Gasteiger partial charge in [-0.3, -0.25) is 4.99 Å². The van der Waals surface area contributed by atoms with E-state index >= 15 is 0 Å². The third-order valence-corrected chi connectivity index (χ3v) is 2.84. The van der Waals surface area contributed by atoms with E-state index in [0.717, 1.165) is 24.2 Å².